The average Bonchev–Trinajstić information content (AvgIpc) is 3.37. The molecule has 9 nitrogen and oxygen atoms in total. The van der Waals surface area contributed by atoms with Gasteiger partial charge < -0.3 is 15.2 Å². The van der Waals surface area contributed by atoms with Gasteiger partial charge >= 0.3 is 6.36 Å². The van der Waals surface area contributed by atoms with Gasteiger partial charge in [-0.1, -0.05) is 29.8 Å². The number of anilines is 3. The van der Waals surface area contributed by atoms with E-state index in [4.69, 9.17) is 23.2 Å². The number of phenolic OH excluding ortho intramolecular Hbond substituents is 1. The summed E-state index contributed by atoms with van der Waals surface area (Å²) < 4.78 is 43.7. The van der Waals surface area contributed by atoms with Crippen LogP contribution < -0.4 is 15.0 Å². The van der Waals surface area contributed by atoms with E-state index in [1.54, 1.807) is 30.3 Å². The van der Waals surface area contributed by atoms with Crippen LogP contribution >= 0.6 is 23.2 Å². The molecule has 2 N–H and O–H groups in total. The van der Waals surface area contributed by atoms with Crippen molar-refractivity contribution in [3.8, 4) is 11.5 Å². The molecule has 0 spiro atoms. The van der Waals surface area contributed by atoms with Crippen LogP contribution in [0.3, 0.4) is 0 Å². The van der Waals surface area contributed by atoms with Crippen molar-refractivity contribution < 1.29 is 42.2 Å². The van der Waals surface area contributed by atoms with Crippen molar-refractivity contribution in [1.82, 2.24) is 4.90 Å². The van der Waals surface area contributed by atoms with Gasteiger partial charge in [-0.15, -0.1) is 36.4 Å². The summed E-state index contributed by atoms with van der Waals surface area (Å²) in [5.74, 6) is -8.35. The van der Waals surface area contributed by atoms with Crippen LogP contribution in [0.15, 0.2) is 84.4 Å². The molecular formula is C34H26Cl2F3N3O6. The van der Waals surface area contributed by atoms with Gasteiger partial charge in [0.05, 0.1) is 17.5 Å². The minimum atomic E-state index is -5.08. The number of ether oxygens (including phenoxy) is 1. The molecule has 14 heteroatoms. The van der Waals surface area contributed by atoms with Crippen LogP contribution in [0.4, 0.5) is 30.2 Å². The number of allylic oxidation sites excluding steroid dienone is 2. The largest absolute Gasteiger partial charge is 0.573 e. The van der Waals surface area contributed by atoms with E-state index < -0.39 is 74.9 Å². The summed E-state index contributed by atoms with van der Waals surface area (Å²) in [4.78, 5) is 52.7. The van der Waals surface area contributed by atoms with E-state index in [9.17, 15) is 37.5 Å². The molecule has 4 aliphatic rings. The van der Waals surface area contributed by atoms with Crippen molar-refractivity contribution in [1.29, 1.82) is 0 Å². The minimum Gasteiger partial charge on any atom is -0.508 e. The number of likely N-dealkylation sites (tertiary alicyclic amines) is 1. The minimum absolute atomic E-state index is 0.0292. The van der Waals surface area contributed by atoms with E-state index in [-0.39, 0.29) is 18.4 Å². The molecule has 6 unspecified atom stereocenters. The van der Waals surface area contributed by atoms with Crippen LogP contribution in [0.5, 0.6) is 11.5 Å². The van der Waals surface area contributed by atoms with Gasteiger partial charge in [0.25, 0.3) is 11.8 Å². The number of carbonyl (C=O) groups excluding carboxylic acids is 4. The molecule has 2 heterocycles. The summed E-state index contributed by atoms with van der Waals surface area (Å²) in [6, 6.07) is 18.8. The second-order valence-corrected chi connectivity index (χ2v) is 13.6. The Hall–Kier alpha value is -4.55. The molecular weight excluding hydrogens is 674 g/mol. The van der Waals surface area contributed by atoms with Crippen LogP contribution in [-0.2, 0) is 19.2 Å². The topological polar surface area (TPSA) is 116 Å². The van der Waals surface area contributed by atoms with Crippen molar-refractivity contribution in [3.63, 3.8) is 0 Å². The van der Waals surface area contributed by atoms with Gasteiger partial charge in [-0.3, -0.25) is 29.0 Å². The molecule has 3 aromatic carbocycles. The molecule has 6 atom stereocenters. The summed E-state index contributed by atoms with van der Waals surface area (Å²) >= 11 is 14.2. The van der Waals surface area contributed by atoms with E-state index in [0.29, 0.717) is 16.9 Å². The van der Waals surface area contributed by atoms with Crippen molar-refractivity contribution in [3.05, 3.63) is 90.0 Å². The zero-order valence-electron chi connectivity index (χ0n) is 25.0. The first-order valence-electron chi connectivity index (χ1n) is 14.9. The van der Waals surface area contributed by atoms with E-state index in [1.165, 1.54) is 7.05 Å². The number of phenols is 1. The third-order valence-corrected chi connectivity index (χ3v) is 11.2. The van der Waals surface area contributed by atoms with Crippen LogP contribution in [-0.4, -0.2) is 56.8 Å². The molecule has 7 rings (SSSR count). The van der Waals surface area contributed by atoms with Crippen LogP contribution in [0.25, 0.3) is 0 Å². The number of imide groups is 2. The maximum absolute atomic E-state index is 14.2. The molecule has 0 bridgehead atoms. The maximum Gasteiger partial charge on any atom is 0.573 e. The lowest BCUT2D eigenvalue weighted by Gasteiger charge is -2.50. The number of carbonyl (C=O) groups is 4. The summed E-state index contributed by atoms with van der Waals surface area (Å²) in [5, 5.41) is 14.2. The van der Waals surface area contributed by atoms with E-state index in [0.717, 1.165) is 33.7 Å². The first-order valence-corrected chi connectivity index (χ1v) is 15.7. The van der Waals surface area contributed by atoms with Crippen LogP contribution in [0, 0.1) is 17.8 Å². The predicted octanol–water partition coefficient (Wildman–Crippen LogP) is 6.23. The number of aromatic hydroxyl groups is 1. The highest BCUT2D eigenvalue weighted by Crippen LogP contribution is 2.66. The molecule has 0 radical (unpaired) electrons. The molecule has 0 aromatic heterocycles. The van der Waals surface area contributed by atoms with Crippen molar-refractivity contribution in [2.75, 3.05) is 17.3 Å². The Bertz CT molecular complexity index is 1910. The number of amides is 4. The number of hydrogen-bond acceptors (Lipinski definition) is 7. The lowest BCUT2D eigenvalue weighted by molar-refractivity contribution is -0.274. The number of hydrogen-bond donors (Lipinski definition) is 2. The third kappa shape index (κ3) is 4.67. The van der Waals surface area contributed by atoms with Gasteiger partial charge in [0.1, 0.15) is 11.5 Å². The van der Waals surface area contributed by atoms with Gasteiger partial charge in [0.15, 0.2) is 9.75 Å². The molecule has 2 aliphatic carbocycles. The van der Waals surface area contributed by atoms with Gasteiger partial charge in [-0.05, 0) is 73.4 Å². The second-order valence-electron chi connectivity index (χ2n) is 12.3. The smallest absolute Gasteiger partial charge is 0.508 e. The van der Waals surface area contributed by atoms with Gasteiger partial charge in [-0.25, -0.2) is 0 Å². The van der Waals surface area contributed by atoms with Gasteiger partial charge in [-0.2, -0.15) is 0 Å². The quantitative estimate of drug-likeness (QED) is 0.184. The Kier molecular flexibility index (Phi) is 7.33. The Morgan fingerprint density at radius 2 is 1.56 bits per heavy atom. The number of para-hydroxylation sites is 1. The standard InChI is InChI=1S/C34H26Cl2F3N3O6/c1-41-30(46)32(35)16-24-21(27(33(32,36)31(41)47)23-15-20(11-14-25(23)43)48-34(37,38)39)12-13-22-26(24)29(45)42(28(22)44)19-9-7-18(8-10-19)40-17-5-3-2-4-6-17/h2-12,14-15,22,24,26-27,40,43H,13,16H2,1H3. The van der Waals surface area contributed by atoms with E-state index in [1.807, 2.05) is 30.3 Å². The summed E-state index contributed by atoms with van der Waals surface area (Å²) in [6.07, 6.45) is -3.75. The number of alkyl halides is 5. The highest BCUT2D eigenvalue weighted by molar-refractivity contribution is 6.53. The number of rotatable bonds is 5. The van der Waals surface area contributed by atoms with Crippen molar-refractivity contribution in [2.45, 2.75) is 34.9 Å². The number of halogens is 5. The molecule has 48 heavy (non-hydrogen) atoms. The second kappa shape index (κ2) is 11.0. The fourth-order valence-electron chi connectivity index (χ4n) is 7.69. The Morgan fingerprint density at radius 1 is 0.896 bits per heavy atom. The first-order chi connectivity index (χ1) is 22.7. The van der Waals surface area contributed by atoms with Gasteiger partial charge in [0, 0.05) is 29.9 Å². The van der Waals surface area contributed by atoms with Gasteiger partial charge in [0.2, 0.25) is 11.8 Å². The van der Waals surface area contributed by atoms with Crippen LogP contribution in [0.2, 0.25) is 0 Å². The van der Waals surface area contributed by atoms with E-state index >= 15 is 0 Å². The maximum atomic E-state index is 14.2. The SMILES string of the molecule is CN1C(=O)C2(Cl)CC3C(=CCC4C(=O)N(c5ccc(Nc6ccccc6)cc5)C(=O)C43)C(c3cc(OC(F)(F)F)ccc3O)C2(Cl)C1=O. The molecule has 2 saturated heterocycles. The Morgan fingerprint density at radius 3 is 2.23 bits per heavy atom. The summed E-state index contributed by atoms with van der Waals surface area (Å²) in [6.45, 7) is 0. The predicted molar refractivity (Wildman–Crippen MR) is 169 cm³/mol. The molecule has 4 amide bonds. The number of nitrogens with one attached hydrogen (secondary N) is 1. The first kappa shape index (κ1) is 32.0. The Labute approximate surface area is 281 Å². The van der Waals surface area contributed by atoms with Crippen molar-refractivity contribution >= 4 is 63.9 Å². The van der Waals surface area contributed by atoms with Crippen molar-refractivity contribution in [2.24, 2.45) is 17.8 Å². The molecule has 1 saturated carbocycles. The summed E-state index contributed by atoms with van der Waals surface area (Å²) in [5.41, 5.74) is 1.93. The lowest BCUT2D eigenvalue weighted by Crippen LogP contribution is -2.60. The Balaban J connectivity index is 1.29. The number of fused-ring (bicyclic) bond motifs is 4. The number of nitrogens with zero attached hydrogens (tertiary/aromatic N) is 2. The fraction of sp³-hybridized carbons (Fsp3) is 0.294. The molecule has 3 aromatic rings. The van der Waals surface area contributed by atoms with E-state index in [2.05, 4.69) is 10.1 Å². The highest BCUT2D eigenvalue weighted by Gasteiger charge is 2.76. The normalized spacial score (nSPS) is 29.8. The number of benzene rings is 3. The highest BCUT2D eigenvalue weighted by atomic mass is 35.5. The molecule has 2 aliphatic heterocycles. The summed E-state index contributed by atoms with van der Waals surface area (Å²) in [7, 11) is 1.18. The monoisotopic (exact) mass is 699 g/mol. The zero-order chi connectivity index (χ0) is 34.3. The molecule has 3 fully saturated rings. The third-order valence-electron chi connectivity index (χ3n) is 9.75. The average molecular weight is 700 g/mol. The fourth-order valence-corrected chi connectivity index (χ4v) is 8.70. The van der Waals surface area contributed by atoms with Crippen LogP contribution in [0.1, 0.15) is 24.3 Å². The molecule has 248 valence electrons. The zero-order valence-corrected chi connectivity index (χ0v) is 26.5. The lowest BCUT2D eigenvalue weighted by atomic mass is 9.56.